The van der Waals surface area contributed by atoms with Crippen molar-refractivity contribution in [2.45, 2.75) is 158 Å². The van der Waals surface area contributed by atoms with Crippen LogP contribution in [0, 0.1) is 0 Å². The monoisotopic (exact) mass is 780 g/mol. The fourth-order valence-electron chi connectivity index (χ4n) is 9.58. The van der Waals surface area contributed by atoms with Crippen LogP contribution < -0.4 is 10.6 Å². The van der Waals surface area contributed by atoms with Gasteiger partial charge in [0, 0.05) is 0 Å². The molecule has 4 fully saturated rings. The molecule has 8 rings (SSSR count). The summed E-state index contributed by atoms with van der Waals surface area (Å²) in [6, 6.07) is 28.1. The van der Waals surface area contributed by atoms with E-state index in [2.05, 4.69) is 79.4 Å². The van der Waals surface area contributed by atoms with Crippen molar-refractivity contribution in [2.24, 2.45) is 0 Å². The van der Waals surface area contributed by atoms with Crippen molar-refractivity contribution in [1.82, 2.24) is 0 Å². The summed E-state index contributed by atoms with van der Waals surface area (Å²) in [6.45, 7) is 5.42. The summed E-state index contributed by atoms with van der Waals surface area (Å²) in [7, 11) is 0.122. The van der Waals surface area contributed by atoms with Gasteiger partial charge in [-0.05, 0) is 80.9 Å². The van der Waals surface area contributed by atoms with Crippen molar-refractivity contribution < 1.29 is 26.2 Å². The third-order valence-corrected chi connectivity index (χ3v) is 18.9. The van der Waals surface area contributed by atoms with Crippen LogP contribution in [-0.4, -0.2) is 22.6 Å². The summed E-state index contributed by atoms with van der Waals surface area (Å²) in [4.78, 5) is 0. The molecule has 50 heavy (non-hydrogen) atoms. The van der Waals surface area contributed by atoms with E-state index in [0.717, 1.165) is 22.6 Å². The first-order valence-corrected chi connectivity index (χ1v) is 23.3. The quantitative estimate of drug-likeness (QED) is 0.0995. The molecule has 4 aliphatic carbocycles. The Bertz CT molecular complexity index is 1340. The first-order chi connectivity index (χ1) is 24.2. The van der Waals surface area contributed by atoms with Crippen LogP contribution in [0.15, 0.2) is 97.6 Å². The van der Waals surface area contributed by atoms with Gasteiger partial charge in [0.1, 0.15) is 0 Å². The van der Waals surface area contributed by atoms with Gasteiger partial charge in [-0.1, -0.05) is 130 Å². The smallest absolute Gasteiger partial charge is 0.161 e. The van der Waals surface area contributed by atoms with Gasteiger partial charge in [0.25, 0.3) is 0 Å². The zero-order valence-electron chi connectivity index (χ0n) is 31.2. The Hall–Kier alpha value is -1.12. The van der Waals surface area contributed by atoms with E-state index in [1.54, 1.807) is 16.7 Å². The zero-order valence-corrected chi connectivity index (χ0v) is 35.5. The van der Waals surface area contributed by atoms with Crippen molar-refractivity contribution in [3.8, 4) is 0 Å². The molecule has 0 spiro atoms. The van der Waals surface area contributed by atoms with Gasteiger partial charge in [0.15, 0.2) is 0 Å². The molecule has 266 valence electrons. The second-order valence-electron chi connectivity index (χ2n) is 15.4. The standard InChI is InChI=1S/2C21H28P.C5H8.Zr/c2*1-3-11-19(12-4-1)22(20-13-5-2-6-14-20)21-15-17-9-7-8-10-18(17)16-21;1-3-5-4-2;/h2*7-10,15-16,19-20H,1-6,11-14H2;3-5H,1H2,2H3;/q2*-1;;+2. The molecule has 4 aromatic rings. The molecule has 0 bridgehead atoms. The Morgan fingerprint density at radius 2 is 0.840 bits per heavy atom. The second kappa shape index (κ2) is 21.6. The Morgan fingerprint density at radius 1 is 0.520 bits per heavy atom. The molecule has 0 aromatic heterocycles. The third kappa shape index (κ3) is 11.0. The average Bonchev–Trinajstić information content (AvgIpc) is 3.79. The van der Waals surface area contributed by atoms with Gasteiger partial charge in [0.2, 0.25) is 0 Å². The minimum atomic E-state index is 0. The predicted molar refractivity (Wildman–Crippen MR) is 225 cm³/mol. The van der Waals surface area contributed by atoms with E-state index in [0.29, 0.717) is 0 Å². The number of rotatable bonds is 7. The van der Waals surface area contributed by atoms with Gasteiger partial charge in [-0.2, -0.15) is 12.1 Å². The fraction of sp³-hybridized carbons (Fsp3) is 0.532. The van der Waals surface area contributed by atoms with Gasteiger partial charge >= 0.3 is 26.2 Å². The summed E-state index contributed by atoms with van der Waals surface area (Å²) in [5.41, 5.74) is 4.07. The molecule has 0 saturated heterocycles. The summed E-state index contributed by atoms with van der Waals surface area (Å²) in [6.07, 6.45) is 35.4. The minimum Gasteiger partial charge on any atom is -0.161 e. The Labute approximate surface area is 327 Å². The van der Waals surface area contributed by atoms with E-state index < -0.39 is 0 Å². The molecule has 3 heteroatoms. The third-order valence-electron chi connectivity index (χ3n) is 12.0. The maximum absolute atomic E-state index is 3.46. The van der Waals surface area contributed by atoms with Crippen LogP contribution in [0.25, 0.3) is 21.5 Å². The molecule has 0 amide bonds. The van der Waals surface area contributed by atoms with Gasteiger partial charge in [0.05, 0.1) is 0 Å². The van der Waals surface area contributed by atoms with Crippen LogP contribution in [-0.2, 0) is 26.2 Å². The Kier molecular flexibility index (Phi) is 17.3. The number of benzene rings is 2. The zero-order chi connectivity index (χ0) is 33.7. The molecule has 0 aliphatic heterocycles. The van der Waals surface area contributed by atoms with Gasteiger partial charge in [-0.25, -0.2) is 0 Å². The van der Waals surface area contributed by atoms with Crippen LogP contribution in [0.4, 0.5) is 0 Å². The molecule has 0 radical (unpaired) electrons. The molecule has 4 aliphatic rings. The van der Waals surface area contributed by atoms with Crippen LogP contribution >= 0.6 is 15.8 Å². The summed E-state index contributed by atoms with van der Waals surface area (Å²) in [5, 5.41) is 9.34. The van der Waals surface area contributed by atoms with Crippen molar-refractivity contribution in [2.75, 3.05) is 0 Å². The van der Waals surface area contributed by atoms with Gasteiger partial charge in [-0.15, -0.1) is 80.7 Å². The average molecular weight is 782 g/mol. The molecule has 0 nitrogen and oxygen atoms in total. The van der Waals surface area contributed by atoms with Crippen molar-refractivity contribution in [3.63, 3.8) is 0 Å². The molecular formula is C47H64P2Zr. The van der Waals surface area contributed by atoms with Gasteiger partial charge < -0.3 is 0 Å². The number of fused-ring (bicyclic) bond motifs is 2. The fourth-order valence-corrected chi connectivity index (χ4v) is 17.3. The first kappa shape index (κ1) is 40.1. The topological polar surface area (TPSA) is 0 Å². The van der Waals surface area contributed by atoms with Crippen LogP contribution in [0.2, 0.25) is 0 Å². The summed E-state index contributed by atoms with van der Waals surface area (Å²) >= 11 is 0. The first-order valence-electron chi connectivity index (χ1n) is 20.4. The van der Waals surface area contributed by atoms with Gasteiger partial charge in [-0.3, -0.25) is 0 Å². The molecule has 0 atom stereocenters. The largest absolute Gasteiger partial charge is 2.00 e. The van der Waals surface area contributed by atoms with Crippen LogP contribution in [0.3, 0.4) is 0 Å². The minimum absolute atomic E-state index is 0. The predicted octanol–water partition coefficient (Wildman–Crippen LogP) is 14.4. The van der Waals surface area contributed by atoms with Crippen molar-refractivity contribution in [3.05, 3.63) is 97.6 Å². The maximum atomic E-state index is 3.46. The SMILES string of the molecule is C=CC=CC.[Zr+2].c1ccc2[cH-]c(P(C3CCCCC3)C3CCCCC3)cc2c1.c1ccc2[cH-]c(P(C3CCCCC3)C3CCCCC3)cc2c1. The molecule has 4 saturated carbocycles. The Balaban J connectivity index is 0.000000169. The van der Waals surface area contributed by atoms with Crippen LogP contribution in [0.1, 0.15) is 135 Å². The van der Waals surface area contributed by atoms with E-state index >= 15 is 0 Å². The van der Waals surface area contributed by atoms with Crippen molar-refractivity contribution >= 4 is 48.0 Å². The molecule has 4 aromatic carbocycles. The normalized spacial score (nSPS) is 20.0. The van der Waals surface area contributed by atoms with E-state index in [1.807, 2.05) is 19.1 Å². The van der Waals surface area contributed by atoms with Crippen molar-refractivity contribution in [1.29, 1.82) is 0 Å². The van der Waals surface area contributed by atoms with E-state index in [9.17, 15) is 0 Å². The summed E-state index contributed by atoms with van der Waals surface area (Å²) < 4.78 is 0. The van der Waals surface area contributed by atoms with E-state index in [-0.39, 0.29) is 42.0 Å². The van der Waals surface area contributed by atoms with E-state index in [4.69, 9.17) is 0 Å². The van der Waals surface area contributed by atoms with Crippen LogP contribution in [0.5, 0.6) is 0 Å². The van der Waals surface area contributed by atoms with E-state index in [1.165, 1.54) is 150 Å². The molecular weight excluding hydrogens is 718 g/mol. The second-order valence-corrected chi connectivity index (χ2v) is 21.0. The number of hydrogen-bond acceptors (Lipinski definition) is 0. The maximum Gasteiger partial charge on any atom is 2.00 e. The number of allylic oxidation sites excluding steroid dienone is 3. The molecule has 0 unspecified atom stereocenters. The number of hydrogen-bond donors (Lipinski definition) is 0. The molecule has 0 N–H and O–H groups in total. The summed E-state index contributed by atoms with van der Waals surface area (Å²) in [5.74, 6) is 0. The molecule has 0 heterocycles. The Morgan fingerprint density at radius 3 is 1.10 bits per heavy atom.